The maximum atomic E-state index is 5.60. The van der Waals surface area contributed by atoms with Gasteiger partial charge in [0.05, 0.1) is 19.8 Å². The van der Waals surface area contributed by atoms with E-state index in [1.807, 2.05) is 18.3 Å². The predicted molar refractivity (Wildman–Crippen MR) is 132 cm³/mol. The molecule has 7 nitrogen and oxygen atoms in total. The van der Waals surface area contributed by atoms with Gasteiger partial charge in [0.25, 0.3) is 0 Å². The molecule has 0 aliphatic carbocycles. The number of morpholine rings is 1. The topological polar surface area (TPSA) is 71.0 Å². The van der Waals surface area contributed by atoms with Gasteiger partial charge in [-0.2, -0.15) is 0 Å². The first-order valence-corrected chi connectivity index (χ1v) is 10.1. The SMILES string of the molecule is CN=C(NCCc1ccc(OC)cc1)NCc1ccc(N2CCOC(C)C2)nc1.I. The average molecular weight is 525 g/mol. The first-order valence-electron chi connectivity index (χ1n) is 10.1. The van der Waals surface area contributed by atoms with Crippen molar-refractivity contribution in [1.82, 2.24) is 15.6 Å². The molecule has 1 aromatic heterocycles. The zero-order valence-corrected chi connectivity index (χ0v) is 20.3. The van der Waals surface area contributed by atoms with E-state index in [0.717, 1.165) is 55.8 Å². The van der Waals surface area contributed by atoms with Gasteiger partial charge < -0.3 is 25.0 Å². The third-order valence-corrected chi connectivity index (χ3v) is 4.92. The maximum absolute atomic E-state index is 5.60. The molecule has 8 heteroatoms. The van der Waals surface area contributed by atoms with Crippen LogP contribution in [0.15, 0.2) is 47.6 Å². The highest BCUT2D eigenvalue weighted by atomic mass is 127. The van der Waals surface area contributed by atoms with Crippen LogP contribution in [0.25, 0.3) is 0 Å². The molecule has 1 aliphatic rings. The Labute approximate surface area is 196 Å². The van der Waals surface area contributed by atoms with Crippen molar-refractivity contribution >= 4 is 35.8 Å². The van der Waals surface area contributed by atoms with E-state index in [-0.39, 0.29) is 30.1 Å². The van der Waals surface area contributed by atoms with Crippen molar-refractivity contribution in [2.45, 2.75) is 26.0 Å². The van der Waals surface area contributed by atoms with Gasteiger partial charge in [0.2, 0.25) is 0 Å². The molecule has 2 aromatic rings. The van der Waals surface area contributed by atoms with Crippen molar-refractivity contribution in [2.75, 3.05) is 45.3 Å². The molecule has 1 unspecified atom stereocenters. The van der Waals surface area contributed by atoms with Gasteiger partial charge in [0.15, 0.2) is 5.96 Å². The van der Waals surface area contributed by atoms with Crippen LogP contribution in [0.2, 0.25) is 0 Å². The number of aliphatic imine (C=N–C) groups is 1. The Morgan fingerprint density at radius 1 is 1.20 bits per heavy atom. The first-order chi connectivity index (χ1) is 14.2. The van der Waals surface area contributed by atoms with Crippen molar-refractivity contribution in [3.05, 3.63) is 53.7 Å². The van der Waals surface area contributed by atoms with Crippen molar-refractivity contribution in [3.8, 4) is 5.75 Å². The monoisotopic (exact) mass is 525 g/mol. The van der Waals surface area contributed by atoms with Crippen molar-refractivity contribution in [1.29, 1.82) is 0 Å². The molecule has 1 aromatic carbocycles. The number of hydrogen-bond acceptors (Lipinski definition) is 5. The minimum absolute atomic E-state index is 0. The number of pyridine rings is 1. The number of methoxy groups -OCH3 is 1. The lowest BCUT2D eigenvalue weighted by Crippen LogP contribution is -2.41. The minimum atomic E-state index is 0. The summed E-state index contributed by atoms with van der Waals surface area (Å²) in [4.78, 5) is 11.2. The Morgan fingerprint density at radius 3 is 2.60 bits per heavy atom. The number of nitrogens with one attached hydrogen (secondary N) is 2. The minimum Gasteiger partial charge on any atom is -0.497 e. The van der Waals surface area contributed by atoms with E-state index in [0.29, 0.717) is 6.54 Å². The van der Waals surface area contributed by atoms with Gasteiger partial charge in [-0.3, -0.25) is 4.99 Å². The summed E-state index contributed by atoms with van der Waals surface area (Å²) < 4.78 is 10.8. The van der Waals surface area contributed by atoms with Crippen molar-refractivity contribution in [2.24, 2.45) is 4.99 Å². The standard InChI is InChI=1S/C22H31N5O2.HI/c1-17-16-27(12-13-29-17)21-9-6-19(14-25-21)15-26-22(23-2)24-11-10-18-4-7-20(28-3)8-5-18;/h4-9,14,17H,10-13,15-16H2,1-3H3,(H2,23,24,26);1H. The molecular weight excluding hydrogens is 493 g/mol. The second-order valence-corrected chi connectivity index (χ2v) is 7.10. The zero-order valence-electron chi connectivity index (χ0n) is 17.9. The number of benzene rings is 1. The fourth-order valence-electron chi connectivity index (χ4n) is 3.26. The number of anilines is 1. The van der Waals surface area contributed by atoms with Crippen LogP contribution in [0.1, 0.15) is 18.1 Å². The van der Waals surface area contributed by atoms with Gasteiger partial charge in [-0.25, -0.2) is 4.98 Å². The molecule has 0 bridgehead atoms. The molecule has 0 saturated carbocycles. The van der Waals surface area contributed by atoms with E-state index in [9.17, 15) is 0 Å². The molecular formula is C22H32IN5O2. The molecule has 1 atom stereocenters. The summed E-state index contributed by atoms with van der Waals surface area (Å²) in [5.41, 5.74) is 2.37. The fourth-order valence-corrected chi connectivity index (χ4v) is 3.26. The van der Waals surface area contributed by atoms with E-state index in [1.165, 1.54) is 5.56 Å². The normalized spacial score (nSPS) is 16.6. The summed E-state index contributed by atoms with van der Waals surface area (Å²) >= 11 is 0. The first kappa shape index (κ1) is 24.2. The van der Waals surface area contributed by atoms with E-state index >= 15 is 0 Å². The number of nitrogens with zero attached hydrogens (tertiary/aromatic N) is 3. The lowest BCUT2D eigenvalue weighted by atomic mass is 10.1. The fraction of sp³-hybridized carbons (Fsp3) is 0.455. The molecule has 1 saturated heterocycles. The number of ether oxygens (including phenoxy) is 2. The lowest BCUT2D eigenvalue weighted by molar-refractivity contribution is 0.0529. The Kier molecular flexibility index (Phi) is 10.2. The molecule has 0 spiro atoms. The largest absolute Gasteiger partial charge is 0.497 e. The van der Waals surface area contributed by atoms with Gasteiger partial charge in [0, 0.05) is 39.4 Å². The molecule has 164 valence electrons. The van der Waals surface area contributed by atoms with E-state index in [2.05, 4.69) is 56.7 Å². The third kappa shape index (κ3) is 7.32. The highest BCUT2D eigenvalue weighted by Crippen LogP contribution is 2.15. The summed E-state index contributed by atoms with van der Waals surface area (Å²) in [5, 5.41) is 6.69. The Bertz CT molecular complexity index is 783. The number of halogens is 1. The molecule has 0 amide bonds. The van der Waals surface area contributed by atoms with Crippen LogP contribution < -0.4 is 20.3 Å². The Hall–Kier alpha value is -2.07. The number of rotatable bonds is 7. The van der Waals surface area contributed by atoms with Gasteiger partial charge in [-0.15, -0.1) is 24.0 Å². The van der Waals surface area contributed by atoms with Gasteiger partial charge in [-0.1, -0.05) is 18.2 Å². The van der Waals surface area contributed by atoms with Crippen LogP contribution in [0.4, 0.5) is 5.82 Å². The second kappa shape index (κ2) is 12.6. The van der Waals surface area contributed by atoms with Crippen LogP contribution in [-0.4, -0.2) is 57.4 Å². The molecule has 2 heterocycles. The molecule has 1 aliphatic heterocycles. The average Bonchev–Trinajstić information content (AvgIpc) is 2.77. The van der Waals surface area contributed by atoms with Crippen LogP contribution in [0.3, 0.4) is 0 Å². The Morgan fingerprint density at radius 2 is 1.97 bits per heavy atom. The van der Waals surface area contributed by atoms with Gasteiger partial charge in [-0.05, 0) is 42.7 Å². The summed E-state index contributed by atoms with van der Waals surface area (Å²) in [7, 11) is 3.46. The molecule has 1 fully saturated rings. The summed E-state index contributed by atoms with van der Waals surface area (Å²) in [6, 6.07) is 12.3. The Balaban J connectivity index is 0.00000320. The number of hydrogen-bond donors (Lipinski definition) is 2. The lowest BCUT2D eigenvalue weighted by Gasteiger charge is -2.32. The number of aromatic nitrogens is 1. The summed E-state index contributed by atoms with van der Waals surface area (Å²) in [6.07, 6.45) is 3.09. The summed E-state index contributed by atoms with van der Waals surface area (Å²) in [5.74, 6) is 2.66. The van der Waals surface area contributed by atoms with Gasteiger partial charge >= 0.3 is 0 Å². The van der Waals surface area contributed by atoms with Crippen LogP contribution >= 0.6 is 24.0 Å². The maximum Gasteiger partial charge on any atom is 0.191 e. The third-order valence-electron chi connectivity index (χ3n) is 4.92. The quantitative estimate of drug-likeness (QED) is 0.329. The highest BCUT2D eigenvalue weighted by Gasteiger charge is 2.17. The molecule has 3 rings (SSSR count). The highest BCUT2D eigenvalue weighted by molar-refractivity contribution is 14.0. The van der Waals surface area contributed by atoms with Crippen molar-refractivity contribution < 1.29 is 9.47 Å². The van der Waals surface area contributed by atoms with Crippen LogP contribution in [-0.2, 0) is 17.7 Å². The van der Waals surface area contributed by atoms with Crippen molar-refractivity contribution in [3.63, 3.8) is 0 Å². The van der Waals surface area contributed by atoms with E-state index in [1.54, 1.807) is 14.2 Å². The summed E-state index contributed by atoms with van der Waals surface area (Å²) in [6.45, 7) is 6.10. The van der Waals surface area contributed by atoms with E-state index < -0.39 is 0 Å². The van der Waals surface area contributed by atoms with Crippen LogP contribution in [0, 0.1) is 0 Å². The van der Waals surface area contributed by atoms with Gasteiger partial charge in [0.1, 0.15) is 11.6 Å². The predicted octanol–water partition coefficient (Wildman–Crippen LogP) is 2.84. The zero-order chi connectivity index (χ0) is 20.5. The molecule has 0 radical (unpaired) electrons. The van der Waals surface area contributed by atoms with Crippen LogP contribution in [0.5, 0.6) is 5.75 Å². The second-order valence-electron chi connectivity index (χ2n) is 7.10. The number of guanidine groups is 1. The molecule has 30 heavy (non-hydrogen) atoms. The molecule has 2 N–H and O–H groups in total. The smallest absolute Gasteiger partial charge is 0.191 e. The van der Waals surface area contributed by atoms with E-state index in [4.69, 9.17) is 9.47 Å².